The number of halogens is 6. The van der Waals surface area contributed by atoms with Gasteiger partial charge in [0.15, 0.2) is 5.69 Å². The van der Waals surface area contributed by atoms with Crippen LogP contribution in [-0.4, -0.2) is 9.55 Å². The Morgan fingerprint density at radius 1 is 1.29 bits per heavy atom. The molecule has 1 heterocycles. The number of hydrogen-bond donors (Lipinski definition) is 1. The topological polar surface area (TPSA) is 46.9 Å². The molecule has 2 aromatic rings. The molecule has 24 heavy (non-hydrogen) atoms. The Hall–Kier alpha value is -2.16. The molecule has 0 radical (unpaired) electrons. The number of nitrogens with zero attached hydrogens (tertiary/aromatic N) is 2. The molecule has 1 N–H and O–H groups in total. The van der Waals surface area contributed by atoms with Crippen LogP contribution in [0.5, 0.6) is 0 Å². The van der Waals surface area contributed by atoms with Gasteiger partial charge in [-0.25, -0.2) is 13.8 Å². The minimum Gasteiger partial charge on any atom is -0.351 e. The van der Waals surface area contributed by atoms with Gasteiger partial charge >= 0.3 is 6.18 Å². The first-order chi connectivity index (χ1) is 11.0. The highest BCUT2D eigenvalue weighted by Gasteiger charge is 2.36. The molecule has 0 saturated carbocycles. The summed E-state index contributed by atoms with van der Waals surface area (Å²) in [5.41, 5.74) is -2.86. The number of aromatic nitrogens is 2. The Labute approximate surface area is 137 Å². The van der Waals surface area contributed by atoms with E-state index in [1.54, 1.807) is 0 Å². The summed E-state index contributed by atoms with van der Waals surface area (Å²) in [5.74, 6) is -2.41. The third kappa shape index (κ3) is 3.35. The number of hydrogen-bond acceptors (Lipinski definition) is 3. The van der Waals surface area contributed by atoms with Crippen LogP contribution in [0.4, 0.5) is 27.9 Å². The largest absolute Gasteiger partial charge is 0.433 e. The smallest absolute Gasteiger partial charge is 0.351 e. The third-order valence-corrected chi connectivity index (χ3v) is 3.68. The van der Waals surface area contributed by atoms with E-state index >= 15 is 0 Å². The first-order valence-corrected chi connectivity index (χ1v) is 6.93. The van der Waals surface area contributed by atoms with E-state index in [1.807, 2.05) is 0 Å². The molecule has 0 aliphatic carbocycles. The molecule has 1 aromatic carbocycles. The van der Waals surface area contributed by atoms with Gasteiger partial charge in [-0.05, 0) is 13.0 Å². The standard InChI is InChI=1S/C14H11ClF5N3O/c1-6-11(14(18,19)20)22-13(23(2)12(6)24)21-5-7-3-4-8(16)9(15)10(7)17/h3-4H,5H2,1-2H3,(H,21,22). The van der Waals surface area contributed by atoms with Crippen molar-refractivity contribution in [3.8, 4) is 0 Å². The number of rotatable bonds is 3. The molecule has 2 rings (SSSR count). The van der Waals surface area contributed by atoms with Crippen LogP contribution in [0.15, 0.2) is 16.9 Å². The van der Waals surface area contributed by atoms with E-state index in [0.717, 1.165) is 23.6 Å². The second-order valence-corrected chi connectivity index (χ2v) is 5.34. The Bertz CT molecular complexity index is 848. The van der Waals surface area contributed by atoms with E-state index in [-0.39, 0.29) is 12.1 Å². The lowest BCUT2D eigenvalue weighted by atomic mass is 10.2. The van der Waals surface area contributed by atoms with Crippen molar-refractivity contribution >= 4 is 17.5 Å². The zero-order valence-electron chi connectivity index (χ0n) is 12.4. The molecule has 4 nitrogen and oxygen atoms in total. The lowest BCUT2D eigenvalue weighted by Gasteiger charge is -2.15. The van der Waals surface area contributed by atoms with E-state index in [1.165, 1.54) is 7.05 Å². The monoisotopic (exact) mass is 367 g/mol. The molecule has 0 spiro atoms. The maximum Gasteiger partial charge on any atom is 0.433 e. The second kappa shape index (κ2) is 6.39. The summed E-state index contributed by atoms with van der Waals surface area (Å²) in [4.78, 5) is 15.3. The van der Waals surface area contributed by atoms with Crippen LogP contribution in [0.25, 0.3) is 0 Å². The van der Waals surface area contributed by atoms with Gasteiger partial charge in [-0.2, -0.15) is 13.2 Å². The summed E-state index contributed by atoms with van der Waals surface area (Å²) >= 11 is 5.43. The zero-order valence-corrected chi connectivity index (χ0v) is 13.2. The molecule has 0 atom stereocenters. The van der Waals surface area contributed by atoms with Gasteiger partial charge in [-0.15, -0.1) is 0 Å². The van der Waals surface area contributed by atoms with Gasteiger partial charge in [0, 0.05) is 24.7 Å². The van der Waals surface area contributed by atoms with Crippen LogP contribution in [-0.2, 0) is 19.8 Å². The summed E-state index contributed by atoms with van der Waals surface area (Å²) in [6, 6.07) is 2.01. The predicted octanol–water partition coefficient (Wildman–Crippen LogP) is 3.65. The van der Waals surface area contributed by atoms with Crippen molar-refractivity contribution in [3.05, 3.63) is 56.0 Å². The molecule has 0 aliphatic rings. The molecular formula is C14H11ClF5N3O. The average molecular weight is 368 g/mol. The van der Waals surface area contributed by atoms with E-state index < -0.39 is 45.6 Å². The van der Waals surface area contributed by atoms with Crippen LogP contribution >= 0.6 is 11.6 Å². The molecule has 0 amide bonds. The summed E-state index contributed by atoms with van der Waals surface area (Å²) in [6.45, 7) is 0.674. The van der Waals surface area contributed by atoms with Crippen molar-refractivity contribution in [2.75, 3.05) is 5.32 Å². The molecular weight excluding hydrogens is 357 g/mol. The minimum absolute atomic E-state index is 0.0928. The molecule has 0 unspecified atom stereocenters. The number of nitrogens with one attached hydrogen (secondary N) is 1. The Balaban J connectivity index is 2.39. The Morgan fingerprint density at radius 3 is 2.50 bits per heavy atom. The molecule has 0 aliphatic heterocycles. The van der Waals surface area contributed by atoms with E-state index in [9.17, 15) is 26.7 Å². The van der Waals surface area contributed by atoms with Gasteiger partial charge in [0.2, 0.25) is 5.95 Å². The summed E-state index contributed by atoms with van der Waals surface area (Å²) in [7, 11) is 1.22. The van der Waals surface area contributed by atoms with E-state index in [0.29, 0.717) is 0 Å². The molecule has 0 bridgehead atoms. The lowest BCUT2D eigenvalue weighted by molar-refractivity contribution is -0.141. The fourth-order valence-electron chi connectivity index (χ4n) is 2.02. The van der Waals surface area contributed by atoms with Crippen molar-refractivity contribution in [3.63, 3.8) is 0 Å². The molecule has 1 aromatic heterocycles. The molecule has 0 fully saturated rings. The van der Waals surface area contributed by atoms with Gasteiger partial charge < -0.3 is 5.32 Å². The van der Waals surface area contributed by atoms with Gasteiger partial charge in [0.25, 0.3) is 5.56 Å². The fraction of sp³-hybridized carbons (Fsp3) is 0.286. The Kier molecular flexibility index (Phi) is 4.84. The van der Waals surface area contributed by atoms with Crippen molar-refractivity contribution in [2.24, 2.45) is 7.05 Å². The predicted molar refractivity (Wildman–Crippen MR) is 77.9 cm³/mol. The first kappa shape index (κ1) is 18.2. The lowest BCUT2D eigenvalue weighted by Crippen LogP contribution is -2.29. The fourth-order valence-corrected chi connectivity index (χ4v) is 2.21. The van der Waals surface area contributed by atoms with Crippen molar-refractivity contribution < 1.29 is 22.0 Å². The van der Waals surface area contributed by atoms with Crippen LogP contribution in [0, 0.1) is 18.6 Å². The Morgan fingerprint density at radius 2 is 1.92 bits per heavy atom. The van der Waals surface area contributed by atoms with E-state index in [2.05, 4.69) is 10.3 Å². The van der Waals surface area contributed by atoms with Gasteiger partial charge in [-0.3, -0.25) is 9.36 Å². The molecule has 0 saturated heterocycles. The van der Waals surface area contributed by atoms with Gasteiger partial charge in [-0.1, -0.05) is 17.7 Å². The van der Waals surface area contributed by atoms with Crippen LogP contribution in [0.1, 0.15) is 16.8 Å². The zero-order chi connectivity index (χ0) is 18.2. The molecule has 10 heteroatoms. The average Bonchev–Trinajstić information content (AvgIpc) is 2.50. The van der Waals surface area contributed by atoms with Crippen molar-refractivity contribution in [1.29, 1.82) is 0 Å². The molecule has 130 valence electrons. The second-order valence-electron chi connectivity index (χ2n) is 4.96. The highest BCUT2D eigenvalue weighted by atomic mass is 35.5. The SMILES string of the molecule is Cc1c(C(F)(F)F)nc(NCc2ccc(F)c(Cl)c2F)n(C)c1=O. The van der Waals surface area contributed by atoms with Crippen molar-refractivity contribution in [1.82, 2.24) is 9.55 Å². The van der Waals surface area contributed by atoms with E-state index in [4.69, 9.17) is 11.6 Å². The van der Waals surface area contributed by atoms with Crippen LogP contribution in [0.3, 0.4) is 0 Å². The highest BCUT2D eigenvalue weighted by Crippen LogP contribution is 2.29. The number of anilines is 1. The third-order valence-electron chi connectivity index (χ3n) is 3.34. The highest BCUT2D eigenvalue weighted by molar-refractivity contribution is 6.30. The quantitative estimate of drug-likeness (QED) is 0.665. The van der Waals surface area contributed by atoms with Crippen molar-refractivity contribution in [2.45, 2.75) is 19.6 Å². The normalized spacial score (nSPS) is 11.7. The van der Waals surface area contributed by atoms with Gasteiger partial charge in [0.05, 0.1) is 0 Å². The maximum absolute atomic E-state index is 13.8. The van der Waals surface area contributed by atoms with Gasteiger partial charge in [0.1, 0.15) is 16.7 Å². The van der Waals surface area contributed by atoms with Crippen LogP contribution < -0.4 is 10.9 Å². The number of benzene rings is 1. The summed E-state index contributed by atoms with van der Waals surface area (Å²) in [5, 5.41) is 1.70. The maximum atomic E-state index is 13.8. The first-order valence-electron chi connectivity index (χ1n) is 6.55. The minimum atomic E-state index is -4.81. The summed E-state index contributed by atoms with van der Waals surface area (Å²) in [6.07, 6.45) is -4.81. The number of alkyl halides is 3. The summed E-state index contributed by atoms with van der Waals surface area (Å²) < 4.78 is 66.5. The van der Waals surface area contributed by atoms with Crippen LogP contribution in [0.2, 0.25) is 5.02 Å².